The molecule has 0 radical (unpaired) electrons. The zero-order chi connectivity index (χ0) is 18.4. The van der Waals surface area contributed by atoms with Gasteiger partial charge in [-0.15, -0.1) is 0 Å². The van der Waals surface area contributed by atoms with Crippen molar-refractivity contribution >= 4 is 39.8 Å². The van der Waals surface area contributed by atoms with Crippen molar-refractivity contribution in [2.24, 2.45) is 0 Å². The number of rotatable bonds is 5. The normalized spacial score (nSPS) is 10.3. The van der Waals surface area contributed by atoms with Crippen molar-refractivity contribution in [2.45, 2.75) is 13.3 Å². The Bertz CT molecular complexity index is 920. The number of aromatic nitrogens is 1. The highest BCUT2D eigenvalue weighted by Crippen LogP contribution is 2.21. The van der Waals surface area contributed by atoms with Gasteiger partial charge in [-0.1, -0.05) is 13.0 Å². The molecular formula is C20H19N3O2S. The second kappa shape index (κ2) is 8.40. The van der Waals surface area contributed by atoms with Gasteiger partial charge in [-0.3, -0.25) is 15.1 Å². The minimum Gasteiger partial charge on any atom is -0.494 e. The maximum Gasteiger partial charge on any atom is 0.257 e. The number of hydrogen-bond acceptors (Lipinski definition) is 4. The topological polar surface area (TPSA) is 63.2 Å². The molecule has 2 N–H and O–H groups in total. The van der Waals surface area contributed by atoms with Crippen molar-refractivity contribution in [2.75, 3.05) is 11.9 Å². The van der Waals surface area contributed by atoms with E-state index in [2.05, 4.69) is 15.6 Å². The van der Waals surface area contributed by atoms with Crippen LogP contribution in [0.1, 0.15) is 23.7 Å². The molecule has 3 aromatic rings. The third kappa shape index (κ3) is 4.34. The highest BCUT2D eigenvalue weighted by atomic mass is 32.1. The standard InChI is InChI=1S/C20H19N3O2S/c1-2-13-25-15-10-8-14(9-11-15)19(24)23-20(26)22-18-7-3-6-17-16(18)5-4-12-21-17/h3-12H,2,13H2,1H3,(H2,22,23,24,26). The summed E-state index contributed by atoms with van der Waals surface area (Å²) in [4.78, 5) is 16.6. The summed E-state index contributed by atoms with van der Waals surface area (Å²) in [6.45, 7) is 2.70. The number of thiocarbonyl (C=S) groups is 1. The molecule has 2 aromatic carbocycles. The van der Waals surface area contributed by atoms with Crippen LogP contribution in [0, 0.1) is 0 Å². The summed E-state index contributed by atoms with van der Waals surface area (Å²) < 4.78 is 5.52. The van der Waals surface area contributed by atoms with E-state index >= 15 is 0 Å². The van der Waals surface area contributed by atoms with Crippen LogP contribution in [0.2, 0.25) is 0 Å². The fraction of sp³-hybridized carbons (Fsp3) is 0.150. The first-order valence-electron chi connectivity index (χ1n) is 8.36. The number of pyridine rings is 1. The van der Waals surface area contributed by atoms with Crippen LogP contribution in [0.4, 0.5) is 5.69 Å². The molecule has 5 nitrogen and oxygen atoms in total. The van der Waals surface area contributed by atoms with Gasteiger partial charge in [0.15, 0.2) is 5.11 Å². The van der Waals surface area contributed by atoms with Crippen LogP contribution in [-0.4, -0.2) is 22.6 Å². The smallest absolute Gasteiger partial charge is 0.257 e. The van der Waals surface area contributed by atoms with Gasteiger partial charge in [0.2, 0.25) is 0 Å². The Morgan fingerprint density at radius 1 is 1.12 bits per heavy atom. The summed E-state index contributed by atoms with van der Waals surface area (Å²) in [5, 5.41) is 6.92. The van der Waals surface area contributed by atoms with Gasteiger partial charge in [-0.05, 0) is 67.2 Å². The highest BCUT2D eigenvalue weighted by molar-refractivity contribution is 7.80. The van der Waals surface area contributed by atoms with Crippen LogP contribution in [0.5, 0.6) is 5.75 Å². The first-order valence-corrected chi connectivity index (χ1v) is 8.77. The van der Waals surface area contributed by atoms with Crippen LogP contribution in [-0.2, 0) is 0 Å². The van der Waals surface area contributed by atoms with E-state index in [1.54, 1.807) is 30.5 Å². The average Bonchev–Trinajstić information content (AvgIpc) is 2.67. The van der Waals surface area contributed by atoms with E-state index in [4.69, 9.17) is 17.0 Å². The van der Waals surface area contributed by atoms with Crippen molar-refractivity contribution in [3.63, 3.8) is 0 Å². The third-order valence-corrected chi connectivity index (χ3v) is 3.91. The Morgan fingerprint density at radius 2 is 1.92 bits per heavy atom. The van der Waals surface area contributed by atoms with Gasteiger partial charge in [0.1, 0.15) is 5.75 Å². The summed E-state index contributed by atoms with van der Waals surface area (Å²) in [7, 11) is 0. The maximum atomic E-state index is 12.3. The molecule has 1 heterocycles. The molecular weight excluding hydrogens is 346 g/mol. The van der Waals surface area contributed by atoms with Crippen LogP contribution in [0.25, 0.3) is 10.9 Å². The van der Waals surface area contributed by atoms with E-state index < -0.39 is 0 Å². The fourth-order valence-electron chi connectivity index (χ4n) is 2.46. The van der Waals surface area contributed by atoms with Crippen LogP contribution in [0.15, 0.2) is 60.8 Å². The molecule has 0 aliphatic carbocycles. The average molecular weight is 365 g/mol. The number of benzene rings is 2. The van der Waals surface area contributed by atoms with Gasteiger partial charge >= 0.3 is 0 Å². The minimum absolute atomic E-state index is 0.234. The number of carbonyl (C=O) groups is 1. The van der Waals surface area contributed by atoms with Crippen LogP contribution in [0.3, 0.4) is 0 Å². The lowest BCUT2D eigenvalue weighted by molar-refractivity contribution is 0.0977. The number of anilines is 1. The summed E-state index contributed by atoms with van der Waals surface area (Å²) >= 11 is 5.27. The monoisotopic (exact) mass is 365 g/mol. The van der Waals surface area contributed by atoms with Crippen LogP contribution < -0.4 is 15.4 Å². The summed E-state index contributed by atoms with van der Waals surface area (Å²) in [6, 6.07) is 16.5. The first kappa shape index (κ1) is 17.8. The van der Waals surface area contributed by atoms with Crippen molar-refractivity contribution in [1.82, 2.24) is 10.3 Å². The second-order valence-electron chi connectivity index (χ2n) is 5.66. The minimum atomic E-state index is -0.275. The Morgan fingerprint density at radius 3 is 2.69 bits per heavy atom. The molecule has 6 heteroatoms. The maximum absolute atomic E-state index is 12.3. The van der Waals surface area contributed by atoms with Crippen molar-refractivity contribution in [1.29, 1.82) is 0 Å². The number of hydrogen-bond donors (Lipinski definition) is 2. The summed E-state index contributed by atoms with van der Waals surface area (Å²) in [5.74, 6) is 0.468. The molecule has 0 saturated carbocycles. The summed E-state index contributed by atoms with van der Waals surface area (Å²) in [6.07, 6.45) is 2.67. The van der Waals surface area contributed by atoms with Crippen molar-refractivity contribution in [3.05, 3.63) is 66.4 Å². The van der Waals surface area contributed by atoms with Crippen LogP contribution >= 0.6 is 12.2 Å². The molecule has 132 valence electrons. The molecule has 3 rings (SSSR count). The molecule has 0 atom stereocenters. The number of nitrogens with zero attached hydrogens (tertiary/aromatic N) is 1. The van der Waals surface area contributed by atoms with E-state index in [1.807, 2.05) is 37.3 Å². The van der Waals surface area contributed by atoms with E-state index in [0.717, 1.165) is 28.8 Å². The van der Waals surface area contributed by atoms with E-state index in [-0.39, 0.29) is 11.0 Å². The molecule has 0 aliphatic heterocycles. The molecule has 1 amide bonds. The highest BCUT2D eigenvalue weighted by Gasteiger charge is 2.09. The Labute approximate surface area is 157 Å². The molecule has 0 spiro atoms. The van der Waals surface area contributed by atoms with Gasteiger partial charge in [-0.25, -0.2) is 0 Å². The quantitative estimate of drug-likeness (QED) is 0.665. The van der Waals surface area contributed by atoms with Crippen molar-refractivity contribution < 1.29 is 9.53 Å². The zero-order valence-corrected chi connectivity index (χ0v) is 15.2. The molecule has 26 heavy (non-hydrogen) atoms. The number of amides is 1. The number of nitrogens with one attached hydrogen (secondary N) is 2. The number of fused-ring (bicyclic) bond motifs is 1. The SMILES string of the molecule is CCCOc1ccc(C(=O)NC(=S)Nc2cccc3ncccc23)cc1. The van der Waals surface area contributed by atoms with Gasteiger partial charge in [-0.2, -0.15) is 0 Å². The molecule has 0 bridgehead atoms. The predicted octanol–water partition coefficient (Wildman–Crippen LogP) is 4.15. The fourth-order valence-corrected chi connectivity index (χ4v) is 2.67. The molecule has 0 fully saturated rings. The van der Waals surface area contributed by atoms with Gasteiger partial charge < -0.3 is 10.1 Å². The van der Waals surface area contributed by atoms with E-state index in [9.17, 15) is 4.79 Å². The Hall–Kier alpha value is -2.99. The lowest BCUT2D eigenvalue weighted by atomic mass is 10.2. The lowest BCUT2D eigenvalue weighted by Crippen LogP contribution is -2.34. The molecule has 0 aliphatic rings. The number of ether oxygens (including phenoxy) is 1. The molecule has 0 saturated heterocycles. The molecule has 0 unspecified atom stereocenters. The van der Waals surface area contributed by atoms with E-state index in [1.165, 1.54) is 0 Å². The first-order chi connectivity index (χ1) is 12.7. The predicted molar refractivity (Wildman–Crippen MR) is 108 cm³/mol. The van der Waals surface area contributed by atoms with Gasteiger partial charge in [0.05, 0.1) is 12.1 Å². The van der Waals surface area contributed by atoms with Gasteiger partial charge in [0, 0.05) is 22.8 Å². The lowest BCUT2D eigenvalue weighted by Gasteiger charge is -2.12. The Kier molecular flexibility index (Phi) is 5.76. The van der Waals surface area contributed by atoms with Gasteiger partial charge in [0.25, 0.3) is 5.91 Å². The largest absolute Gasteiger partial charge is 0.494 e. The zero-order valence-electron chi connectivity index (χ0n) is 14.4. The summed E-state index contributed by atoms with van der Waals surface area (Å²) in [5.41, 5.74) is 2.16. The second-order valence-corrected chi connectivity index (χ2v) is 6.06. The van der Waals surface area contributed by atoms with Crippen molar-refractivity contribution in [3.8, 4) is 5.75 Å². The number of carbonyl (C=O) groups excluding carboxylic acids is 1. The third-order valence-electron chi connectivity index (χ3n) is 3.71. The van der Waals surface area contributed by atoms with E-state index in [0.29, 0.717) is 12.2 Å². The Balaban J connectivity index is 1.65. The molecule has 1 aromatic heterocycles.